The molecule has 0 spiro atoms. The topological polar surface area (TPSA) is 118 Å². The summed E-state index contributed by atoms with van der Waals surface area (Å²) >= 11 is 5.85. The standard InChI is InChI=1S/C24H21ClN4O5/c1-33-20-10-8-18(9-11-20)27-22(30)15-34-21-7-2-4-16(12-21)14-26-29-24(32)23(31)28-19-6-3-5-17(25)13-19/h2-14H,15H2,1H3,(H,27,30)(H,28,31)(H,29,32)/b26-14-. The number of nitrogens with one attached hydrogen (secondary N) is 3. The van der Waals surface area contributed by atoms with Crippen LogP contribution in [-0.2, 0) is 14.4 Å². The summed E-state index contributed by atoms with van der Waals surface area (Å²) in [6.45, 7) is -0.201. The van der Waals surface area contributed by atoms with E-state index in [1.165, 1.54) is 12.3 Å². The zero-order valence-corrected chi connectivity index (χ0v) is 18.8. The summed E-state index contributed by atoms with van der Waals surface area (Å²) in [4.78, 5) is 35.9. The van der Waals surface area contributed by atoms with E-state index in [4.69, 9.17) is 21.1 Å². The van der Waals surface area contributed by atoms with Crippen LogP contribution in [0.1, 0.15) is 5.56 Å². The third-order valence-electron chi connectivity index (χ3n) is 4.27. The SMILES string of the molecule is COc1ccc(NC(=O)COc2cccc(/C=N\NC(=O)C(=O)Nc3cccc(Cl)c3)c2)cc1. The molecule has 0 saturated carbocycles. The normalized spacial score (nSPS) is 10.4. The number of rotatable bonds is 8. The van der Waals surface area contributed by atoms with Crippen molar-refractivity contribution in [1.29, 1.82) is 0 Å². The maximum Gasteiger partial charge on any atom is 0.329 e. The molecule has 34 heavy (non-hydrogen) atoms. The van der Waals surface area contributed by atoms with E-state index in [0.717, 1.165) is 0 Å². The highest BCUT2D eigenvalue weighted by Gasteiger charge is 2.13. The van der Waals surface area contributed by atoms with Crippen LogP contribution >= 0.6 is 11.6 Å². The van der Waals surface area contributed by atoms with Crippen LogP contribution in [0.3, 0.4) is 0 Å². The fraction of sp³-hybridized carbons (Fsp3) is 0.0833. The average Bonchev–Trinajstić information content (AvgIpc) is 2.83. The van der Waals surface area contributed by atoms with Crippen LogP contribution in [0.25, 0.3) is 0 Å². The fourth-order valence-corrected chi connectivity index (χ4v) is 2.87. The molecule has 0 atom stereocenters. The lowest BCUT2D eigenvalue weighted by Gasteiger charge is -2.08. The number of hydrazone groups is 1. The van der Waals surface area contributed by atoms with Gasteiger partial charge in [-0.15, -0.1) is 0 Å². The zero-order chi connectivity index (χ0) is 24.3. The van der Waals surface area contributed by atoms with Gasteiger partial charge in [0.2, 0.25) is 0 Å². The third-order valence-corrected chi connectivity index (χ3v) is 4.51. The molecule has 3 N–H and O–H groups in total. The number of ether oxygens (including phenoxy) is 2. The fourth-order valence-electron chi connectivity index (χ4n) is 2.68. The Morgan fingerprint density at radius 3 is 2.38 bits per heavy atom. The molecule has 0 bridgehead atoms. The Kier molecular flexibility index (Phi) is 8.59. The first-order valence-electron chi connectivity index (χ1n) is 9.99. The van der Waals surface area contributed by atoms with E-state index in [1.54, 1.807) is 73.8 Å². The minimum Gasteiger partial charge on any atom is -0.497 e. The largest absolute Gasteiger partial charge is 0.497 e. The molecule has 0 fully saturated rings. The lowest BCUT2D eigenvalue weighted by atomic mass is 10.2. The van der Waals surface area contributed by atoms with Crippen LogP contribution in [0.4, 0.5) is 11.4 Å². The van der Waals surface area contributed by atoms with Crippen molar-refractivity contribution in [2.24, 2.45) is 5.10 Å². The van der Waals surface area contributed by atoms with Crippen molar-refractivity contribution >= 4 is 46.9 Å². The minimum atomic E-state index is -0.946. The number of anilines is 2. The lowest BCUT2D eigenvalue weighted by molar-refractivity contribution is -0.136. The summed E-state index contributed by atoms with van der Waals surface area (Å²) in [6, 6.07) is 20.0. The van der Waals surface area contributed by atoms with E-state index >= 15 is 0 Å². The molecular formula is C24H21ClN4O5. The summed E-state index contributed by atoms with van der Waals surface area (Å²) in [6.07, 6.45) is 1.34. The molecule has 9 nitrogen and oxygen atoms in total. The van der Waals surface area contributed by atoms with Crippen molar-refractivity contribution in [3.8, 4) is 11.5 Å². The molecule has 3 rings (SSSR count). The molecule has 0 saturated heterocycles. The summed E-state index contributed by atoms with van der Waals surface area (Å²) in [5, 5.41) is 9.33. The number of nitrogens with zero attached hydrogens (tertiary/aromatic N) is 1. The Hall–Kier alpha value is -4.37. The van der Waals surface area contributed by atoms with Gasteiger partial charge in [-0.25, -0.2) is 5.43 Å². The number of amides is 3. The van der Waals surface area contributed by atoms with Gasteiger partial charge in [0, 0.05) is 16.4 Å². The molecule has 10 heteroatoms. The van der Waals surface area contributed by atoms with Gasteiger partial charge in [0.05, 0.1) is 13.3 Å². The van der Waals surface area contributed by atoms with Gasteiger partial charge in [-0.2, -0.15) is 5.10 Å². The number of methoxy groups -OCH3 is 1. The van der Waals surface area contributed by atoms with Crippen molar-refractivity contribution in [2.45, 2.75) is 0 Å². The van der Waals surface area contributed by atoms with Crippen LogP contribution in [0.5, 0.6) is 11.5 Å². The van der Waals surface area contributed by atoms with Gasteiger partial charge in [0.25, 0.3) is 5.91 Å². The maximum absolute atomic E-state index is 12.1. The Balaban J connectivity index is 1.47. The number of benzene rings is 3. The van der Waals surface area contributed by atoms with E-state index in [0.29, 0.717) is 33.5 Å². The quantitative estimate of drug-likeness (QED) is 0.259. The van der Waals surface area contributed by atoms with Crippen molar-refractivity contribution in [1.82, 2.24) is 5.43 Å². The molecule has 0 aliphatic carbocycles. The van der Waals surface area contributed by atoms with Crippen LogP contribution in [0.2, 0.25) is 5.02 Å². The molecule has 0 aromatic heterocycles. The molecular weight excluding hydrogens is 460 g/mol. The van der Waals surface area contributed by atoms with Crippen LogP contribution < -0.4 is 25.5 Å². The van der Waals surface area contributed by atoms with E-state index < -0.39 is 11.8 Å². The van der Waals surface area contributed by atoms with E-state index in [2.05, 4.69) is 21.2 Å². The highest BCUT2D eigenvalue weighted by molar-refractivity contribution is 6.39. The lowest BCUT2D eigenvalue weighted by Crippen LogP contribution is -2.32. The molecule has 174 valence electrons. The number of halogens is 1. The second kappa shape index (κ2) is 12.0. The number of hydrogen-bond donors (Lipinski definition) is 3. The van der Waals surface area contributed by atoms with Crippen LogP contribution in [-0.4, -0.2) is 37.7 Å². The summed E-state index contributed by atoms with van der Waals surface area (Å²) in [5.74, 6) is -1.05. The summed E-state index contributed by atoms with van der Waals surface area (Å²) < 4.78 is 10.6. The predicted molar refractivity (Wildman–Crippen MR) is 129 cm³/mol. The van der Waals surface area contributed by atoms with Gasteiger partial charge in [0.1, 0.15) is 11.5 Å². The molecule has 0 aliphatic rings. The molecule has 0 radical (unpaired) electrons. The Morgan fingerprint density at radius 1 is 0.882 bits per heavy atom. The average molecular weight is 481 g/mol. The van der Waals surface area contributed by atoms with Gasteiger partial charge >= 0.3 is 11.8 Å². The highest BCUT2D eigenvalue weighted by atomic mass is 35.5. The summed E-state index contributed by atoms with van der Waals surface area (Å²) in [7, 11) is 1.56. The predicted octanol–water partition coefficient (Wildman–Crippen LogP) is 3.45. The third kappa shape index (κ3) is 7.64. The Labute approximate surface area is 200 Å². The first-order valence-corrected chi connectivity index (χ1v) is 10.4. The first kappa shape index (κ1) is 24.3. The van der Waals surface area contributed by atoms with Gasteiger partial charge in [0.15, 0.2) is 6.61 Å². The van der Waals surface area contributed by atoms with Crippen molar-refractivity contribution in [3.63, 3.8) is 0 Å². The van der Waals surface area contributed by atoms with Gasteiger partial charge in [-0.1, -0.05) is 29.8 Å². The monoisotopic (exact) mass is 480 g/mol. The van der Waals surface area contributed by atoms with E-state index in [-0.39, 0.29) is 12.5 Å². The minimum absolute atomic E-state index is 0.201. The molecule has 3 aromatic rings. The van der Waals surface area contributed by atoms with Gasteiger partial charge in [-0.3, -0.25) is 14.4 Å². The van der Waals surface area contributed by atoms with E-state index in [9.17, 15) is 14.4 Å². The molecule has 0 aliphatic heterocycles. The Bertz CT molecular complexity index is 1200. The second-order valence-corrected chi connectivity index (χ2v) is 7.24. The first-order chi connectivity index (χ1) is 16.4. The van der Waals surface area contributed by atoms with Crippen LogP contribution in [0.15, 0.2) is 77.9 Å². The molecule has 0 unspecified atom stereocenters. The summed E-state index contributed by atoms with van der Waals surface area (Å²) in [5.41, 5.74) is 3.73. The maximum atomic E-state index is 12.1. The number of carbonyl (C=O) groups excluding carboxylic acids is 3. The van der Waals surface area contributed by atoms with E-state index in [1.807, 2.05) is 0 Å². The van der Waals surface area contributed by atoms with Gasteiger partial charge < -0.3 is 20.1 Å². The second-order valence-electron chi connectivity index (χ2n) is 6.80. The zero-order valence-electron chi connectivity index (χ0n) is 18.1. The van der Waals surface area contributed by atoms with Gasteiger partial charge in [-0.05, 0) is 60.2 Å². The molecule has 0 heterocycles. The smallest absolute Gasteiger partial charge is 0.329 e. The van der Waals surface area contributed by atoms with Crippen molar-refractivity contribution in [3.05, 3.63) is 83.4 Å². The number of hydrogen-bond acceptors (Lipinski definition) is 6. The van der Waals surface area contributed by atoms with Crippen molar-refractivity contribution in [2.75, 3.05) is 24.4 Å². The van der Waals surface area contributed by atoms with Crippen molar-refractivity contribution < 1.29 is 23.9 Å². The van der Waals surface area contributed by atoms with Crippen LogP contribution in [0, 0.1) is 0 Å². The Morgan fingerprint density at radius 2 is 1.65 bits per heavy atom. The number of carbonyl (C=O) groups is 3. The highest BCUT2D eigenvalue weighted by Crippen LogP contribution is 2.16. The molecule has 3 amide bonds. The molecule has 3 aromatic carbocycles.